The van der Waals surface area contributed by atoms with Crippen molar-refractivity contribution in [2.75, 3.05) is 13.1 Å². The summed E-state index contributed by atoms with van der Waals surface area (Å²) >= 11 is 0. The van der Waals surface area contributed by atoms with Crippen molar-refractivity contribution in [1.29, 1.82) is 0 Å². The Morgan fingerprint density at radius 3 is 2.82 bits per heavy atom. The highest BCUT2D eigenvalue weighted by Gasteiger charge is 2.29. The van der Waals surface area contributed by atoms with Gasteiger partial charge in [-0.15, -0.1) is 0 Å². The Kier molecular flexibility index (Phi) is 6.33. The summed E-state index contributed by atoms with van der Waals surface area (Å²) in [5, 5.41) is 0. The minimum absolute atomic E-state index is 0.0439. The Labute approximate surface area is 199 Å². The highest BCUT2D eigenvalue weighted by Crippen LogP contribution is 2.33. The molecule has 1 aliphatic rings. The van der Waals surface area contributed by atoms with E-state index in [1.165, 1.54) is 0 Å². The molecule has 7 nitrogen and oxygen atoms in total. The molecule has 7 heteroatoms. The van der Waals surface area contributed by atoms with Crippen LogP contribution in [0.2, 0.25) is 0 Å². The molecule has 172 valence electrons. The first-order valence-electron chi connectivity index (χ1n) is 11.6. The SMILES string of the molecule is Cc1ccccc1Oc1nccnc1C1CCCN(C(=O)c2cccc(Cn3ccnc3)c2)C1. The second kappa shape index (κ2) is 9.87. The molecule has 0 bridgehead atoms. The van der Waals surface area contributed by atoms with E-state index in [0.29, 0.717) is 24.5 Å². The van der Waals surface area contributed by atoms with Crippen LogP contribution in [0, 0.1) is 6.92 Å². The number of piperidine rings is 1. The molecular weight excluding hydrogens is 426 g/mol. The zero-order chi connectivity index (χ0) is 23.3. The van der Waals surface area contributed by atoms with Gasteiger partial charge in [0.1, 0.15) is 11.4 Å². The van der Waals surface area contributed by atoms with E-state index in [9.17, 15) is 4.79 Å². The van der Waals surface area contributed by atoms with E-state index < -0.39 is 0 Å². The van der Waals surface area contributed by atoms with Gasteiger partial charge in [-0.1, -0.05) is 30.3 Å². The van der Waals surface area contributed by atoms with Crippen LogP contribution in [0.4, 0.5) is 0 Å². The molecule has 2 aromatic carbocycles. The largest absolute Gasteiger partial charge is 0.437 e. The molecule has 2 aromatic heterocycles. The zero-order valence-corrected chi connectivity index (χ0v) is 19.2. The number of ether oxygens (including phenoxy) is 1. The van der Waals surface area contributed by atoms with Crippen molar-refractivity contribution in [3.63, 3.8) is 0 Å². The molecule has 0 aliphatic carbocycles. The van der Waals surface area contributed by atoms with Gasteiger partial charge in [0.05, 0.1) is 6.33 Å². The third kappa shape index (κ3) is 4.83. The number of amides is 1. The van der Waals surface area contributed by atoms with Crippen LogP contribution in [0.15, 0.2) is 79.6 Å². The number of carbonyl (C=O) groups is 1. The summed E-state index contributed by atoms with van der Waals surface area (Å²) in [6.45, 7) is 4.01. The molecule has 1 fully saturated rings. The van der Waals surface area contributed by atoms with Crippen LogP contribution in [-0.4, -0.2) is 43.4 Å². The number of hydrogen-bond donors (Lipinski definition) is 0. The summed E-state index contributed by atoms with van der Waals surface area (Å²) in [5.74, 6) is 1.39. The number of imidazole rings is 1. The van der Waals surface area contributed by atoms with Crippen LogP contribution in [0.3, 0.4) is 0 Å². The second-order valence-electron chi connectivity index (χ2n) is 8.64. The second-order valence-corrected chi connectivity index (χ2v) is 8.64. The van der Waals surface area contributed by atoms with E-state index in [4.69, 9.17) is 4.74 Å². The van der Waals surface area contributed by atoms with Gasteiger partial charge in [0.2, 0.25) is 5.88 Å². The standard InChI is InChI=1S/C27H27N5O2/c1-20-6-2-3-10-24(20)34-26-25(29-11-12-30-26)23-9-5-14-32(18-23)27(33)22-8-4-7-21(16-22)17-31-15-13-28-19-31/h2-4,6-8,10-13,15-16,19,23H,5,9,14,17-18H2,1H3. The fourth-order valence-corrected chi connectivity index (χ4v) is 4.43. The maximum Gasteiger partial charge on any atom is 0.253 e. The monoisotopic (exact) mass is 453 g/mol. The zero-order valence-electron chi connectivity index (χ0n) is 19.2. The van der Waals surface area contributed by atoms with Crippen LogP contribution in [0.5, 0.6) is 11.6 Å². The first-order valence-corrected chi connectivity index (χ1v) is 11.6. The van der Waals surface area contributed by atoms with Crippen molar-refractivity contribution in [3.8, 4) is 11.6 Å². The molecule has 0 N–H and O–H groups in total. The minimum Gasteiger partial charge on any atom is -0.437 e. The molecule has 0 spiro atoms. The van der Waals surface area contributed by atoms with E-state index >= 15 is 0 Å². The maximum atomic E-state index is 13.4. The molecular formula is C27H27N5O2. The highest BCUT2D eigenvalue weighted by molar-refractivity contribution is 5.94. The summed E-state index contributed by atoms with van der Waals surface area (Å²) in [7, 11) is 0. The van der Waals surface area contributed by atoms with Crippen LogP contribution >= 0.6 is 0 Å². The van der Waals surface area contributed by atoms with Gasteiger partial charge in [0.25, 0.3) is 5.91 Å². The van der Waals surface area contributed by atoms with Gasteiger partial charge in [-0.2, -0.15) is 0 Å². The van der Waals surface area contributed by atoms with E-state index in [1.54, 1.807) is 24.9 Å². The molecule has 5 rings (SSSR count). The third-order valence-corrected chi connectivity index (χ3v) is 6.18. The lowest BCUT2D eigenvalue weighted by Crippen LogP contribution is -2.39. The van der Waals surface area contributed by atoms with Gasteiger partial charge in [-0.25, -0.2) is 9.97 Å². The van der Waals surface area contributed by atoms with Crippen LogP contribution in [0.1, 0.15) is 45.9 Å². The molecule has 34 heavy (non-hydrogen) atoms. The van der Waals surface area contributed by atoms with Crippen molar-refractivity contribution in [1.82, 2.24) is 24.4 Å². The Balaban J connectivity index is 1.33. The Bertz CT molecular complexity index is 1270. The first kappa shape index (κ1) is 21.8. The van der Waals surface area contributed by atoms with Gasteiger partial charge in [0.15, 0.2) is 0 Å². The number of aromatic nitrogens is 4. The quantitative estimate of drug-likeness (QED) is 0.418. The van der Waals surface area contributed by atoms with Crippen molar-refractivity contribution < 1.29 is 9.53 Å². The van der Waals surface area contributed by atoms with Crippen molar-refractivity contribution in [3.05, 3.63) is 102 Å². The van der Waals surface area contributed by atoms with E-state index in [-0.39, 0.29) is 11.8 Å². The minimum atomic E-state index is 0.0439. The first-order chi connectivity index (χ1) is 16.7. The van der Waals surface area contributed by atoms with Crippen molar-refractivity contribution in [2.24, 2.45) is 0 Å². The summed E-state index contributed by atoms with van der Waals surface area (Å²) in [4.78, 5) is 28.5. The van der Waals surface area contributed by atoms with Gasteiger partial charge in [-0.3, -0.25) is 9.78 Å². The summed E-state index contributed by atoms with van der Waals surface area (Å²) < 4.78 is 8.15. The Morgan fingerprint density at radius 2 is 1.97 bits per heavy atom. The molecule has 1 atom stereocenters. The number of benzene rings is 2. The molecule has 1 aliphatic heterocycles. The number of aryl methyl sites for hydroxylation is 1. The van der Waals surface area contributed by atoms with Crippen molar-refractivity contribution >= 4 is 5.91 Å². The summed E-state index contributed by atoms with van der Waals surface area (Å²) in [5.41, 5.74) is 3.61. The maximum absolute atomic E-state index is 13.4. The normalized spacial score (nSPS) is 15.8. The Morgan fingerprint density at radius 1 is 1.09 bits per heavy atom. The average Bonchev–Trinajstić information content (AvgIpc) is 3.39. The fraction of sp³-hybridized carbons (Fsp3) is 0.259. The lowest BCUT2D eigenvalue weighted by atomic mass is 9.94. The lowest BCUT2D eigenvalue weighted by Gasteiger charge is -2.33. The molecule has 0 saturated carbocycles. The molecule has 0 radical (unpaired) electrons. The third-order valence-electron chi connectivity index (χ3n) is 6.18. The number of likely N-dealkylation sites (tertiary alicyclic amines) is 1. The van der Waals surface area contributed by atoms with E-state index in [0.717, 1.165) is 42.0 Å². The number of rotatable bonds is 6. The fourth-order valence-electron chi connectivity index (χ4n) is 4.43. The van der Waals surface area contributed by atoms with Crippen LogP contribution in [-0.2, 0) is 6.54 Å². The molecule has 1 amide bonds. The number of nitrogens with zero attached hydrogens (tertiary/aromatic N) is 5. The van der Waals surface area contributed by atoms with Gasteiger partial charge >= 0.3 is 0 Å². The van der Waals surface area contributed by atoms with Crippen LogP contribution < -0.4 is 4.74 Å². The lowest BCUT2D eigenvalue weighted by molar-refractivity contribution is 0.0704. The molecule has 4 aromatic rings. The topological polar surface area (TPSA) is 73.1 Å². The molecule has 1 saturated heterocycles. The smallest absolute Gasteiger partial charge is 0.253 e. The Hall–Kier alpha value is -4.00. The van der Waals surface area contributed by atoms with Gasteiger partial charge in [-0.05, 0) is 49.1 Å². The number of hydrogen-bond acceptors (Lipinski definition) is 5. The highest BCUT2D eigenvalue weighted by atomic mass is 16.5. The molecule has 3 heterocycles. The number of carbonyl (C=O) groups excluding carboxylic acids is 1. The van der Waals surface area contributed by atoms with Crippen molar-refractivity contribution in [2.45, 2.75) is 32.2 Å². The number of para-hydroxylation sites is 1. The van der Waals surface area contributed by atoms with Gasteiger partial charge in [0, 0.05) is 55.9 Å². The summed E-state index contributed by atoms with van der Waals surface area (Å²) in [6.07, 6.45) is 10.6. The summed E-state index contributed by atoms with van der Waals surface area (Å²) in [6, 6.07) is 15.7. The molecule has 1 unspecified atom stereocenters. The van der Waals surface area contributed by atoms with E-state index in [2.05, 4.69) is 15.0 Å². The van der Waals surface area contributed by atoms with E-state index in [1.807, 2.05) is 71.1 Å². The average molecular weight is 454 g/mol. The van der Waals surface area contributed by atoms with Crippen LogP contribution in [0.25, 0.3) is 0 Å². The predicted molar refractivity (Wildman–Crippen MR) is 129 cm³/mol. The van der Waals surface area contributed by atoms with Gasteiger partial charge < -0.3 is 14.2 Å². The predicted octanol–water partition coefficient (Wildman–Crippen LogP) is 4.84.